The molecule has 2 aromatic carbocycles. The number of anilines is 1. The second kappa shape index (κ2) is 11.1. The van der Waals surface area contributed by atoms with Crippen molar-refractivity contribution in [1.29, 1.82) is 0 Å². The predicted molar refractivity (Wildman–Crippen MR) is 144 cm³/mol. The summed E-state index contributed by atoms with van der Waals surface area (Å²) in [6, 6.07) is 14.0. The van der Waals surface area contributed by atoms with Gasteiger partial charge in [-0.25, -0.2) is 18.1 Å². The van der Waals surface area contributed by atoms with Crippen molar-refractivity contribution in [1.82, 2.24) is 9.71 Å². The quantitative estimate of drug-likeness (QED) is 0.377. The summed E-state index contributed by atoms with van der Waals surface area (Å²) in [5, 5.41) is 3.82. The van der Waals surface area contributed by atoms with Crippen molar-refractivity contribution in [2.24, 2.45) is 0 Å². The molecule has 1 aliphatic carbocycles. The SMILES string of the molecule is CC(C)(C)NS(=O)(=O)c1cc(NC(=O)COc2ccccc2)ccc1-c1cnc(C2CCCCC2)s1. The number of aromatic nitrogens is 1. The van der Waals surface area contributed by atoms with Gasteiger partial charge in [-0.15, -0.1) is 11.3 Å². The maximum Gasteiger partial charge on any atom is 0.262 e. The lowest BCUT2D eigenvalue weighted by Crippen LogP contribution is -2.40. The molecule has 0 aliphatic heterocycles. The zero-order valence-electron chi connectivity index (χ0n) is 20.9. The minimum atomic E-state index is -3.88. The number of para-hydroxylation sites is 1. The van der Waals surface area contributed by atoms with Crippen molar-refractivity contribution in [3.05, 3.63) is 59.7 Å². The van der Waals surface area contributed by atoms with Crippen LogP contribution >= 0.6 is 11.3 Å². The van der Waals surface area contributed by atoms with Gasteiger partial charge in [0.25, 0.3) is 5.91 Å². The van der Waals surface area contributed by atoms with Gasteiger partial charge in [-0.05, 0) is 57.9 Å². The molecular weight excluding hydrogens is 494 g/mol. The lowest BCUT2D eigenvalue weighted by molar-refractivity contribution is -0.118. The summed E-state index contributed by atoms with van der Waals surface area (Å²) in [4.78, 5) is 18.1. The first-order valence-corrected chi connectivity index (χ1v) is 14.5. The van der Waals surface area contributed by atoms with Crippen LogP contribution in [-0.4, -0.2) is 31.5 Å². The van der Waals surface area contributed by atoms with Crippen molar-refractivity contribution in [3.8, 4) is 16.2 Å². The number of nitrogens with zero attached hydrogens (tertiary/aromatic N) is 1. The maximum absolute atomic E-state index is 13.4. The van der Waals surface area contributed by atoms with Crippen LogP contribution < -0.4 is 14.8 Å². The van der Waals surface area contributed by atoms with E-state index >= 15 is 0 Å². The molecular formula is C27H33N3O4S2. The second-order valence-electron chi connectivity index (χ2n) is 10.1. The summed E-state index contributed by atoms with van der Waals surface area (Å²) >= 11 is 1.56. The number of benzene rings is 2. The third kappa shape index (κ3) is 6.93. The van der Waals surface area contributed by atoms with E-state index in [0.717, 1.165) is 22.7 Å². The van der Waals surface area contributed by atoms with Crippen LogP contribution in [0, 0.1) is 0 Å². The number of thiazole rings is 1. The zero-order valence-corrected chi connectivity index (χ0v) is 22.5. The van der Waals surface area contributed by atoms with Crippen LogP contribution in [0.15, 0.2) is 59.6 Å². The fraction of sp³-hybridized carbons (Fsp3) is 0.407. The van der Waals surface area contributed by atoms with Gasteiger partial charge in [-0.3, -0.25) is 4.79 Å². The Labute approximate surface area is 217 Å². The molecule has 0 radical (unpaired) electrons. The molecule has 0 bridgehead atoms. The van der Waals surface area contributed by atoms with Crippen LogP contribution in [0.25, 0.3) is 10.4 Å². The van der Waals surface area contributed by atoms with Crippen LogP contribution in [0.2, 0.25) is 0 Å². The van der Waals surface area contributed by atoms with Crippen LogP contribution in [0.1, 0.15) is 63.8 Å². The highest BCUT2D eigenvalue weighted by Gasteiger charge is 2.27. The number of hydrogen-bond acceptors (Lipinski definition) is 6. The average molecular weight is 528 g/mol. The van der Waals surface area contributed by atoms with Crippen molar-refractivity contribution in [3.63, 3.8) is 0 Å². The van der Waals surface area contributed by atoms with E-state index in [2.05, 4.69) is 15.0 Å². The number of ether oxygens (including phenoxy) is 1. The Balaban J connectivity index is 1.60. The van der Waals surface area contributed by atoms with Crippen molar-refractivity contribution >= 4 is 33.0 Å². The fourth-order valence-corrected chi connectivity index (χ4v) is 7.15. The lowest BCUT2D eigenvalue weighted by atomic mass is 9.90. The highest BCUT2D eigenvalue weighted by molar-refractivity contribution is 7.89. The zero-order chi connectivity index (χ0) is 25.8. The molecule has 0 atom stereocenters. The largest absolute Gasteiger partial charge is 0.484 e. The Hall–Kier alpha value is -2.75. The van der Waals surface area contributed by atoms with Crippen molar-refractivity contribution < 1.29 is 17.9 Å². The maximum atomic E-state index is 13.4. The highest BCUT2D eigenvalue weighted by Crippen LogP contribution is 2.39. The van der Waals surface area contributed by atoms with Gasteiger partial charge >= 0.3 is 0 Å². The number of nitrogens with one attached hydrogen (secondary N) is 2. The molecule has 0 unspecified atom stereocenters. The molecule has 2 N–H and O–H groups in total. The number of carbonyl (C=O) groups is 1. The number of hydrogen-bond donors (Lipinski definition) is 2. The van der Waals surface area contributed by atoms with E-state index in [1.54, 1.807) is 62.6 Å². The monoisotopic (exact) mass is 527 g/mol. The Morgan fingerprint density at radius 2 is 1.81 bits per heavy atom. The van der Waals surface area contributed by atoms with E-state index in [0.29, 0.717) is 22.9 Å². The Morgan fingerprint density at radius 1 is 1.08 bits per heavy atom. The normalized spacial score (nSPS) is 15.0. The van der Waals surface area contributed by atoms with Crippen LogP contribution in [0.4, 0.5) is 5.69 Å². The van der Waals surface area contributed by atoms with Crippen LogP contribution in [0.3, 0.4) is 0 Å². The van der Waals surface area contributed by atoms with Gasteiger partial charge in [0, 0.05) is 28.9 Å². The van der Waals surface area contributed by atoms with Gasteiger partial charge in [0.05, 0.1) is 14.8 Å². The van der Waals surface area contributed by atoms with Crippen LogP contribution in [-0.2, 0) is 14.8 Å². The summed E-state index contributed by atoms with van der Waals surface area (Å²) in [6.07, 6.45) is 7.69. The molecule has 0 spiro atoms. The van der Waals surface area contributed by atoms with Gasteiger partial charge in [0.1, 0.15) is 5.75 Å². The van der Waals surface area contributed by atoms with E-state index in [4.69, 9.17) is 4.74 Å². The number of rotatable bonds is 8. The number of sulfonamides is 1. The summed E-state index contributed by atoms with van der Waals surface area (Å²) < 4.78 is 35.1. The Morgan fingerprint density at radius 3 is 2.50 bits per heavy atom. The van der Waals surface area contributed by atoms with Crippen LogP contribution in [0.5, 0.6) is 5.75 Å². The summed E-state index contributed by atoms with van der Waals surface area (Å²) in [5.41, 5.74) is 0.288. The van der Waals surface area contributed by atoms with E-state index in [1.165, 1.54) is 25.3 Å². The van der Waals surface area contributed by atoms with Gasteiger partial charge in [-0.2, -0.15) is 0 Å². The molecule has 1 saturated carbocycles. The second-order valence-corrected chi connectivity index (χ2v) is 12.8. The van der Waals surface area contributed by atoms with Crippen molar-refractivity contribution in [2.45, 2.75) is 69.2 Å². The van der Waals surface area contributed by atoms with E-state index in [-0.39, 0.29) is 17.4 Å². The van der Waals surface area contributed by atoms with Gasteiger partial charge in [0.2, 0.25) is 10.0 Å². The number of amides is 1. The highest BCUT2D eigenvalue weighted by atomic mass is 32.2. The topological polar surface area (TPSA) is 97.4 Å². The first-order chi connectivity index (χ1) is 17.1. The molecule has 3 aromatic rings. The molecule has 1 aliphatic rings. The molecule has 1 aromatic heterocycles. The third-order valence-corrected chi connectivity index (χ3v) is 8.84. The minimum absolute atomic E-state index is 0.109. The smallest absolute Gasteiger partial charge is 0.262 e. The molecule has 1 heterocycles. The molecule has 1 fully saturated rings. The summed E-state index contributed by atoms with van der Waals surface area (Å²) in [6.45, 7) is 5.20. The number of carbonyl (C=O) groups excluding carboxylic acids is 1. The molecule has 4 rings (SSSR count). The predicted octanol–water partition coefficient (Wildman–Crippen LogP) is 5.95. The molecule has 1 amide bonds. The minimum Gasteiger partial charge on any atom is -0.484 e. The molecule has 0 saturated heterocycles. The first-order valence-electron chi connectivity index (χ1n) is 12.2. The first kappa shape index (κ1) is 26.3. The third-order valence-electron chi connectivity index (χ3n) is 5.85. The summed E-state index contributed by atoms with van der Waals surface area (Å²) in [5.74, 6) is 0.643. The molecule has 7 nitrogen and oxygen atoms in total. The molecule has 36 heavy (non-hydrogen) atoms. The summed E-state index contributed by atoms with van der Waals surface area (Å²) in [7, 11) is -3.88. The lowest BCUT2D eigenvalue weighted by Gasteiger charge is -2.22. The fourth-order valence-electron chi connectivity index (χ4n) is 4.30. The van der Waals surface area contributed by atoms with Gasteiger partial charge in [0.15, 0.2) is 6.61 Å². The average Bonchev–Trinajstić information content (AvgIpc) is 3.33. The van der Waals surface area contributed by atoms with Gasteiger partial charge in [-0.1, -0.05) is 43.5 Å². The Kier molecular flexibility index (Phi) is 8.12. The van der Waals surface area contributed by atoms with E-state index in [9.17, 15) is 13.2 Å². The van der Waals surface area contributed by atoms with E-state index in [1.807, 2.05) is 18.2 Å². The molecule has 192 valence electrons. The van der Waals surface area contributed by atoms with Gasteiger partial charge < -0.3 is 10.1 Å². The standard InChI is InChI=1S/C27H33N3O4S2/c1-27(2,3)30-36(32,33)24-16-20(29-25(31)18-34-21-12-8-5-9-13-21)14-15-22(24)23-17-28-26(35-23)19-10-6-4-7-11-19/h5,8-9,12-17,19,30H,4,6-7,10-11,18H2,1-3H3,(H,29,31). The van der Waals surface area contributed by atoms with Crippen molar-refractivity contribution in [2.75, 3.05) is 11.9 Å². The van der Waals surface area contributed by atoms with E-state index < -0.39 is 15.6 Å². The Bertz CT molecular complexity index is 1290. The molecule has 9 heteroatoms.